The first-order valence-electron chi connectivity index (χ1n) is 7.83. The van der Waals surface area contributed by atoms with E-state index in [2.05, 4.69) is 5.32 Å². The molecule has 1 amide bonds. The van der Waals surface area contributed by atoms with Crippen molar-refractivity contribution < 1.29 is 9.53 Å². The number of ether oxygens (including phenoxy) is 1. The molecule has 3 aromatic carbocycles. The van der Waals surface area contributed by atoms with Crippen LogP contribution in [0.3, 0.4) is 0 Å². The van der Waals surface area contributed by atoms with Crippen LogP contribution in [-0.4, -0.2) is 13.0 Å². The van der Waals surface area contributed by atoms with Crippen molar-refractivity contribution in [2.45, 2.75) is 6.04 Å². The topological polar surface area (TPSA) is 38.3 Å². The van der Waals surface area contributed by atoms with Crippen molar-refractivity contribution in [1.29, 1.82) is 0 Å². The van der Waals surface area contributed by atoms with Crippen LogP contribution in [0.2, 0.25) is 0 Å². The van der Waals surface area contributed by atoms with E-state index in [4.69, 9.17) is 4.74 Å². The van der Waals surface area contributed by atoms with Gasteiger partial charge in [0.15, 0.2) is 0 Å². The lowest BCUT2D eigenvalue weighted by atomic mass is 9.98. The molecule has 3 rings (SSSR count). The van der Waals surface area contributed by atoms with Crippen LogP contribution in [0.15, 0.2) is 84.9 Å². The first-order valence-corrected chi connectivity index (χ1v) is 7.83. The molecule has 0 saturated carbocycles. The monoisotopic (exact) mass is 317 g/mol. The highest BCUT2D eigenvalue weighted by molar-refractivity contribution is 5.94. The van der Waals surface area contributed by atoms with Gasteiger partial charge in [-0.25, -0.2) is 0 Å². The Bertz CT molecular complexity index is 783. The third-order valence-corrected chi connectivity index (χ3v) is 3.89. The summed E-state index contributed by atoms with van der Waals surface area (Å²) < 4.78 is 5.22. The molecule has 0 radical (unpaired) electrons. The number of nitrogens with one attached hydrogen (secondary N) is 1. The molecule has 1 atom stereocenters. The van der Waals surface area contributed by atoms with Crippen LogP contribution in [-0.2, 0) is 0 Å². The zero-order valence-electron chi connectivity index (χ0n) is 13.5. The molecular weight excluding hydrogens is 298 g/mol. The Morgan fingerprint density at radius 1 is 0.792 bits per heavy atom. The molecule has 0 bridgehead atoms. The van der Waals surface area contributed by atoms with E-state index in [9.17, 15) is 4.79 Å². The lowest BCUT2D eigenvalue weighted by Gasteiger charge is -2.20. The van der Waals surface area contributed by atoms with Crippen molar-refractivity contribution in [3.8, 4) is 5.75 Å². The smallest absolute Gasteiger partial charge is 0.252 e. The molecule has 120 valence electrons. The predicted octanol–water partition coefficient (Wildman–Crippen LogP) is 4.21. The number of benzene rings is 3. The molecule has 3 heteroatoms. The molecule has 0 spiro atoms. The van der Waals surface area contributed by atoms with E-state index in [1.807, 2.05) is 84.9 Å². The molecular formula is C21H19NO2. The second-order valence-corrected chi connectivity index (χ2v) is 5.46. The van der Waals surface area contributed by atoms with Crippen LogP contribution in [0.5, 0.6) is 5.75 Å². The number of carbonyl (C=O) groups is 1. The van der Waals surface area contributed by atoms with Gasteiger partial charge in [0.05, 0.1) is 13.2 Å². The van der Waals surface area contributed by atoms with Gasteiger partial charge in [-0.2, -0.15) is 0 Å². The summed E-state index contributed by atoms with van der Waals surface area (Å²) in [6.07, 6.45) is 0. The lowest BCUT2D eigenvalue weighted by molar-refractivity contribution is 0.0943. The Morgan fingerprint density at radius 2 is 1.33 bits per heavy atom. The molecule has 1 N–H and O–H groups in total. The molecule has 3 nitrogen and oxygen atoms in total. The summed E-state index contributed by atoms with van der Waals surface area (Å²) in [4.78, 5) is 12.6. The highest BCUT2D eigenvalue weighted by Gasteiger charge is 2.17. The van der Waals surface area contributed by atoms with Crippen LogP contribution in [0, 0.1) is 0 Å². The zero-order chi connectivity index (χ0) is 16.8. The van der Waals surface area contributed by atoms with Crippen molar-refractivity contribution in [3.05, 3.63) is 102 Å². The normalized spacial score (nSPS) is 11.5. The second-order valence-electron chi connectivity index (χ2n) is 5.46. The van der Waals surface area contributed by atoms with Gasteiger partial charge in [-0.3, -0.25) is 4.79 Å². The minimum atomic E-state index is -0.218. The van der Waals surface area contributed by atoms with E-state index in [1.165, 1.54) is 0 Å². The minimum absolute atomic E-state index is 0.0970. The molecule has 0 aliphatic heterocycles. The summed E-state index contributed by atoms with van der Waals surface area (Å²) >= 11 is 0. The van der Waals surface area contributed by atoms with Crippen LogP contribution in [0.25, 0.3) is 0 Å². The maximum Gasteiger partial charge on any atom is 0.252 e. The average Bonchev–Trinajstić information content (AvgIpc) is 2.67. The van der Waals surface area contributed by atoms with Gasteiger partial charge >= 0.3 is 0 Å². The molecule has 24 heavy (non-hydrogen) atoms. The average molecular weight is 317 g/mol. The number of hydrogen-bond acceptors (Lipinski definition) is 2. The van der Waals surface area contributed by atoms with E-state index in [1.54, 1.807) is 7.11 Å². The first-order chi connectivity index (χ1) is 11.8. The highest BCUT2D eigenvalue weighted by Crippen LogP contribution is 2.24. The largest absolute Gasteiger partial charge is 0.497 e. The van der Waals surface area contributed by atoms with Crippen molar-refractivity contribution >= 4 is 5.91 Å². The second kappa shape index (κ2) is 7.47. The van der Waals surface area contributed by atoms with E-state index >= 15 is 0 Å². The van der Waals surface area contributed by atoms with Gasteiger partial charge < -0.3 is 10.1 Å². The summed E-state index contributed by atoms with van der Waals surface area (Å²) in [6.45, 7) is 0. The molecule has 0 heterocycles. The molecule has 0 saturated heterocycles. The molecule has 0 fully saturated rings. The van der Waals surface area contributed by atoms with Crippen LogP contribution in [0.1, 0.15) is 27.5 Å². The Kier molecular flexibility index (Phi) is 4.92. The number of amides is 1. The number of methoxy groups -OCH3 is 1. The lowest BCUT2D eigenvalue weighted by Crippen LogP contribution is -2.29. The van der Waals surface area contributed by atoms with Gasteiger partial charge in [-0.1, -0.05) is 60.7 Å². The van der Waals surface area contributed by atoms with Crippen LogP contribution < -0.4 is 10.1 Å². The molecule has 0 aliphatic carbocycles. The van der Waals surface area contributed by atoms with Crippen molar-refractivity contribution in [1.82, 2.24) is 5.32 Å². The summed E-state index contributed by atoms with van der Waals surface area (Å²) in [7, 11) is 1.64. The van der Waals surface area contributed by atoms with E-state index in [0.717, 1.165) is 16.9 Å². The van der Waals surface area contributed by atoms with Gasteiger partial charge in [0, 0.05) is 5.56 Å². The number of carbonyl (C=O) groups excluding carboxylic acids is 1. The molecule has 1 unspecified atom stereocenters. The fourth-order valence-corrected chi connectivity index (χ4v) is 2.60. The summed E-state index contributed by atoms with van der Waals surface area (Å²) in [5, 5.41) is 3.12. The highest BCUT2D eigenvalue weighted by atomic mass is 16.5. The van der Waals surface area contributed by atoms with Gasteiger partial charge in [0.25, 0.3) is 5.91 Å². The van der Waals surface area contributed by atoms with Gasteiger partial charge in [0.1, 0.15) is 5.75 Å². The Hall–Kier alpha value is -3.07. The fourth-order valence-electron chi connectivity index (χ4n) is 2.60. The van der Waals surface area contributed by atoms with Gasteiger partial charge in [-0.05, 0) is 35.4 Å². The van der Waals surface area contributed by atoms with Gasteiger partial charge in [-0.15, -0.1) is 0 Å². The Morgan fingerprint density at radius 3 is 1.92 bits per heavy atom. The molecule has 0 aromatic heterocycles. The predicted molar refractivity (Wildman–Crippen MR) is 95.2 cm³/mol. The molecule has 3 aromatic rings. The van der Waals surface area contributed by atoms with Gasteiger partial charge in [0.2, 0.25) is 0 Å². The van der Waals surface area contributed by atoms with Crippen LogP contribution in [0.4, 0.5) is 0 Å². The summed E-state index contributed by atoms with van der Waals surface area (Å²) in [6, 6.07) is 26.7. The van der Waals surface area contributed by atoms with E-state index < -0.39 is 0 Å². The minimum Gasteiger partial charge on any atom is -0.497 e. The van der Waals surface area contributed by atoms with E-state index in [0.29, 0.717) is 5.56 Å². The van der Waals surface area contributed by atoms with Crippen molar-refractivity contribution in [2.75, 3.05) is 7.11 Å². The third-order valence-electron chi connectivity index (χ3n) is 3.89. The maximum atomic E-state index is 12.6. The Labute approximate surface area is 141 Å². The number of rotatable bonds is 5. The van der Waals surface area contributed by atoms with E-state index in [-0.39, 0.29) is 11.9 Å². The van der Waals surface area contributed by atoms with Crippen molar-refractivity contribution in [2.24, 2.45) is 0 Å². The summed E-state index contributed by atoms with van der Waals surface area (Å²) in [5.41, 5.74) is 2.69. The molecule has 0 aliphatic rings. The third kappa shape index (κ3) is 3.63. The zero-order valence-corrected chi connectivity index (χ0v) is 13.5. The standard InChI is InChI=1S/C21H19NO2/c1-24-19-14-12-17(13-15-19)20(16-8-4-2-5-9-16)22-21(23)18-10-6-3-7-11-18/h2-15,20H,1H3,(H,22,23). The van der Waals surface area contributed by atoms with Crippen LogP contribution >= 0.6 is 0 Å². The SMILES string of the molecule is COc1ccc(C(NC(=O)c2ccccc2)c2ccccc2)cc1. The number of hydrogen-bond donors (Lipinski definition) is 1. The fraction of sp³-hybridized carbons (Fsp3) is 0.0952. The maximum absolute atomic E-state index is 12.6. The summed E-state index contributed by atoms with van der Waals surface area (Å²) in [5.74, 6) is 0.695. The quantitative estimate of drug-likeness (QED) is 0.765. The first kappa shape index (κ1) is 15.8. The van der Waals surface area contributed by atoms with Crippen molar-refractivity contribution in [3.63, 3.8) is 0 Å². The Balaban J connectivity index is 1.91.